The van der Waals surface area contributed by atoms with Crippen molar-refractivity contribution in [2.45, 2.75) is 18.0 Å². The van der Waals surface area contributed by atoms with Crippen LogP contribution in [0.3, 0.4) is 0 Å². The molecule has 3 N–H and O–H groups in total. The van der Waals surface area contributed by atoms with Crippen molar-refractivity contribution in [1.82, 2.24) is 4.72 Å². The molecule has 0 bridgehead atoms. The molecule has 8 heteroatoms. The predicted molar refractivity (Wildman–Crippen MR) is 86.9 cm³/mol. The van der Waals surface area contributed by atoms with Crippen LogP contribution in [0, 0.1) is 0 Å². The first-order valence-corrected chi connectivity index (χ1v) is 9.21. The van der Waals surface area contributed by atoms with Crippen LogP contribution < -0.4 is 15.2 Å². The van der Waals surface area contributed by atoms with E-state index in [9.17, 15) is 8.42 Å². The van der Waals surface area contributed by atoms with E-state index >= 15 is 0 Å². The Hall–Kier alpha value is -0.930. The fourth-order valence-corrected chi connectivity index (χ4v) is 4.32. The van der Waals surface area contributed by atoms with E-state index < -0.39 is 10.0 Å². The molecule has 21 heavy (non-hydrogen) atoms. The molecule has 114 valence electrons. The molecular formula is C13H15BrN2O3S2. The van der Waals surface area contributed by atoms with Gasteiger partial charge in [0.2, 0.25) is 10.0 Å². The van der Waals surface area contributed by atoms with Gasteiger partial charge in [-0.25, -0.2) is 13.1 Å². The molecule has 5 nitrogen and oxygen atoms in total. The lowest BCUT2D eigenvalue weighted by atomic mass is 10.2. The fourth-order valence-electron chi connectivity index (χ4n) is 1.78. The molecule has 0 fully saturated rings. The third-order valence-corrected chi connectivity index (χ3v) is 5.94. The highest BCUT2D eigenvalue weighted by atomic mass is 79.9. The zero-order chi connectivity index (χ0) is 15.5. The van der Waals surface area contributed by atoms with Crippen molar-refractivity contribution in [3.8, 4) is 5.75 Å². The molecule has 1 aromatic carbocycles. The maximum atomic E-state index is 12.3. The Bertz CT molecular complexity index is 729. The van der Waals surface area contributed by atoms with E-state index in [1.165, 1.54) is 30.6 Å². The van der Waals surface area contributed by atoms with Gasteiger partial charge in [0.25, 0.3) is 0 Å². The topological polar surface area (TPSA) is 81.4 Å². The Morgan fingerprint density at radius 1 is 1.38 bits per heavy atom. The predicted octanol–water partition coefficient (Wildman–Crippen LogP) is 2.46. The molecule has 0 saturated heterocycles. The normalized spacial score (nSPS) is 11.6. The number of nitrogens with two attached hydrogens (primary N) is 1. The molecule has 0 radical (unpaired) electrons. The molecule has 1 heterocycles. The molecule has 0 aliphatic rings. The van der Waals surface area contributed by atoms with Crippen LogP contribution in [0.25, 0.3) is 0 Å². The van der Waals surface area contributed by atoms with E-state index in [1.807, 2.05) is 11.4 Å². The van der Waals surface area contributed by atoms with Gasteiger partial charge in [0, 0.05) is 33.4 Å². The van der Waals surface area contributed by atoms with Crippen molar-refractivity contribution >= 4 is 37.3 Å². The molecule has 0 unspecified atom stereocenters. The van der Waals surface area contributed by atoms with Crippen molar-refractivity contribution in [2.24, 2.45) is 5.73 Å². The van der Waals surface area contributed by atoms with Crippen molar-refractivity contribution < 1.29 is 13.2 Å². The van der Waals surface area contributed by atoms with Gasteiger partial charge < -0.3 is 10.5 Å². The molecule has 0 aliphatic carbocycles. The molecule has 0 amide bonds. The summed E-state index contributed by atoms with van der Waals surface area (Å²) in [7, 11) is -2.05. The average molecular weight is 391 g/mol. The number of rotatable bonds is 6. The van der Waals surface area contributed by atoms with Gasteiger partial charge in [-0.2, -0.15) is 0 Å². The van der Waals surface area contributed by atoms with Crippen LogP contribution >= 0.6 is 27.3 Å². The summed E-state index contributed by atoms with van der Waals surface area (Å²) in [6.07, 6.45) is 0. The largest absolute Gasteiger partial charge is 0.496 e. The highest BCUT2D eigenvalue weighted by Gasteiger charge is 2.16. The van der Waals surface area contributed by atoms with Crippen molar-refractivity contribution in [2.75, 3.05) is 7.11 Å². The van der Waals surface area contributed by atoms with Crippen LogP contribution in [0.4, 0.5) is 0 Å². The highest BCUT2D eigenvalue weighted by Crippen LogP contribution is 2.23. The molecular weight excluding hydrogens is 376 g/mol. The molecule has 0 spiro atoms. The summed E-state index contributed by atoms with van der Waals surface area (Å²) in [5.41, 5.74) is 6.26. The maximum Gasteiger partial charge on any atom is 0.240 e. The first kappa shape index (κ1) is 16.4. The minimum atomic E-state index is -3.58. The Morgan fingerprint density at radius 3 is 2.71 bits per heavy atom. The third kappa shape index (κ3) is 4.04. The Labute approximate surface area is 136 Å². The van der Waals surface area contributed by atoms with E-state index in [0.29, 0.717) is 11.3 Å². The zero-order valence-electron chi connectivity index (χ0n) is 11.3. The van der Waals surface area contributed by atoms with Crippen LogP contribution in [-0.2, 0) is 23.1 Å². The first-order chi connectivity index (χ1) is 9.96. The van der Waals surface area contributed by atoms with Crippen LogP contribution in [0.5, 0.6) is 5.75 Å². The number of sulfonamides is 1. The van der Waals surface area contributed by atoms with Crippen LogP contribution in [0.15, 0.2) is 39.0 Å². The number of ether oxygens (including phenoxy) is 1. The monoisotopic (exact) mass is 390 g/mol. The van der Waals surface area contributed by atoms with Crippen LogP contribution in [0.2, 0.25) is 0 Å². The van der Waals surface area contributed by atoms with Gasteiger partial charge in [0.15, 0.2) is 0 Å². The minimum absolute atomic E-state index is 0.180. The fraction of sp³-hybridized carbons (Fsp3) is 0.231. The summed E-state index contributed by atoms with van der Waals surface area (Å²) in [5.74, 6) is 0.582. The van der Waals surface area contributed by atoms with Gasteiger partial charge in [-0.15, -0.1) is 11.3 Å². The van der Waals surface area contributed by atoms with Crippen molar-refractivity contribution in [3.05, 3.63) is 44.6 Å². The maximum absolute atomic E-state index is 12.3. The van der Waals surface area contributed by atoms with Crippen LogP contribution in [0.1, 0.15) is 10.4 Å². The van der Waals surface area contributed by atoms with E-state index in [2.05, 4.69) is 20.7 Å². The number of hydrogen-bond acceptors (Lipinski definition) is 5. The number of halogens is 1. The van der Waals surface area contributed by atoms with Gasteiger partial charge in [-0.05, 0) is 40.2 Å². The van der Waals surface area contributed by atoms with E-state index in [0.717, 1.165) is 9.35 Å². The van der Waals surface area contributed by atoms with Gasteiger partial charge in [-0.3, -0.25) is 0 Å². The second-order valence-electron chi connectivity index (χ2n) is 4.23. The van der Waals surface area contributed by atoms with E-state index in [1.54, 1.807) is 6.07 Å². The van der Waals surface area contributed by atoms with Crippen LogP contribution in [-0.4, -0.2) is 15.5 Å². The van der Waals surface area contributed by atoms with E-state index in [4.69, 9.17) is 10.5 Å². The summed E-state index contributed by atoms with van der Waals surface area (Å²) in [5, 5.41) is 1.91. The van der Waals surface area contributed by atoms with Crippen molar-refractivity contribution in [1.29, 1.82) is 0 Å². The standard InChI is InChI=1S/C13H15BrN2O3S2/c1-19-13-3-2-12(4-9(13)6-15)21(17,18)16-7-11-5-10(14)8-20-11/h2-5,8,16H,6-7,15H2,1H3. The lowest BCUT2D eigenvalue weighted by Gasteiger charge is -2.10. The van der Waals surface area contributed by atoms with Crippen molar-refractivity contribution in [3.63, 3.8) is 0 Å². The number of methoxy groups -OCH3 is 1. The van der Waals surface area contributed by atoms with Gasteiger partial charge in [0.05, 0.1) is 12.0 Å². The number of hydrogen-bond donors (Lipinski definition) is 2. The van der Waals surface area contributed by atoms with Gasteiger partial charge in [0.1, 0.15) is 5.75 Å². The number of thiophene rings is 1. The molecule has 1 aromatic heterocycles. The molecule has 2 rings (SSSR count). The lowest BCUT2D eigenvalue weighted by molar-refractivity contribution is 0.409. The smallest absolute Gasteiger partial charge is 0.240 e. The second-order valence-corrected chi connectivity index (χ2v) is 7.91. The summed E-state index contributed by atoms with van der Waals surface area (Å²) >= 11 is 4.82. The van der Waals surface area contributed by atoms with Gasteiger partial charge in [-0.1, -0.05) is 0 Å². The number of benzene rings is 1. The average Bonchev–Trinajstić information content (AvgIpc) is 2.90. The zero-order valence-corrected chi connectivity index (χ0v) is 14.5. The Balaban J connectivity index is 2.19. The summed E-state index contributed by atoms with van der Waals surface area (Å²) in [4.78, 5) is 1.11. The summed E-state index contributed by atoms with van der Waals surface area (Å²) in [6.45, 7) is 0.465. The Kier molecular flexibility index (Phi) is 5.39. The molecule has 0 atom stereocenters. The minimum Gasteiger partial charge on any atom is -0.496 e. The third-order valence-electron chi connectivity index (χ3n) is 2.84. The Morgan fingerprint density at radius 2 is 2.14 bits per heavy atom. The highest BCUT2D eigenvalue weighted by molar-refractivity contribution is 9.10. The quantitative estimate of drug-likeness (QED) is 0.793. The van der Waals surface area contributed by atoms with E-state index in [-0.39, 0.29) is 18.0 Å². The SMILES string of the molecule is COc1ccc(S(=O)(=O)NCc2cc(Br)cs2)cc1CN. The second kappa shape index (κ2) is 6.89. The summed E-state index contributed by atoms with van der Waals surface area (Å²) < 4.78 is 33.2. The summed E-state index contributed by atoms with van der Waals surface area (Å²) in [6, 6.07) is 6.53. The molecule has 0 saturated carbocycles. The molecule has 2 aromatic rings. The molecule has 0 aliphatic heterocycles. The lowest BCUT2D eigenvalue weighted by Crippen LogP contribution is -2.23. The first-order valence-electron chi connectivity index (χ1n) is 6.06. The number of nitrogens with one attached hydrogen (secondary N) is 1. The van der Waals surface area contributed by atoms with Gasteiger partial charge >= 0.3 is 0 Å².